The van der Waals surface area contributed by atoms with E-state index in [0.29, 0.717) is 24.9 Å². The van der Waals surface area contributed by atoms with Crippen LogP contribution in [0, 0.1) is 22.0 Å². The van der Waals surface area contributed by atoms with Crippen molar-refractivity contribution in [1.29, 1.82) is 0 Å². The van der Waals surface area contributed by atoms with Gasteiger partial charge in [-0.2, -0.15) is 0 Å². The largest absolute Gasteiger partial charge is 0.478 e. The number of aromatic carboxylic acids is 1. The Labute approximate surface area is 117 Å². The summed E-state index contributed by atoms with van der Waals surface area (Å²) >= 11 is 0. The molecule has 0 radical (unpaired) electrons. The maximum absolute atomic E-state index is 11.4. The van der Waals surface area contributed by atoms with Gasteiger partial charge >= 0.3 is 5.97 Å². The van der Waals surface area contributed by atoms with Crippen LogP contribution in [0.5, 0.6) is 0 Å². The highest BCUT2D eigenvalue weighted by atomic mass is 16.6. The van der Waals surface area contributed by atoms with Gasteiger partial charge in [-0.25, -0.2) is 4.79 Å². The molecule has 1 saturated heterocycles. The molecular weight excluding hydrogens is 260 g/mol. The standard InChI is InChI=1S/C14H18N2O4/c1-9-6-10(2)8-15(7-9)13-11(14(17)18)4-3-5-12(13)16(19)20/h3-5,9-10H,6-8H2,1-2H3,(H,17,18). The molecular formula is C14H18N2O4. The van der Waals surface area contributed by atoms with Gasteiger partial charge < -0.3 is 10.0 Å². The number of piperidine rings is 1. The SMILES string of the molecule is CC1CC(C)CN(c2c(C(=O)O)cccc2[N+](=O)[O-])C1. The molecule has 2 atom stereocenters. The highest BCUT2D eigenvalue weighted by molar-refractivity contribution is 5.97. The summed E-state index contributed by atoms with van der Waals surface area (Å²) in [5.41, 5.74) is 0.107. The number of carbonyl (C=O) groups is 1. The van der Waals surface area contributed by atoms with E-state index in [1.807, 2.05) is 4.90 Å². The zero-order valence-electron chi connectivity index (χ0n) is 11.6. The monoisotopic (exact) mass is 278 g/mol. The molecule has 2 rings (SSSR count). The van der Waals surface area contributed by atoms with Gasteiger partial charge in [0.1, 0.15) is 5.69 Å². The third-order valence-electron chi connectivity index (χ3n) is 3.63. The maximum atomic E-state index is 11.4. The van der Waals surface area contributed by atoms with E-state index in [0.717, 1.165) is 6.42 Å². The van der Waals surface area contributed by atoms with Crippen LogP contribution in [0.4, 0.5) is 11.4 Å². The first-order valence-electron chi connectivity index (χ1n) is 6.65. The van der Waals surface area contributed by atoms with E-state index in [9.17, 15) is 20.0 Å². The summed E-state index contributed by atoms with van der Waals surface area (Å²) in [5.74, 6) is -0.352. The molecule has 0 saturated carbocycles. The van der Waals surface area contributed by atoms with Crippen molar-refractivity contribution in [2.75, 3.05) is 18.0 Å². The van der Waals surface area contributed by atoms with Gasteiger partial charge in [0, 0.05) is 19.2 Å². The number of rotatable bonds is 3. The highest BCUT2D eigenvalue weighted by Crippen LogP contribution is 2.35. The van der Waals surface area contributed by atoms with Gasteiger partial charge in [0.05, 0.1) is 10.5 Å². The third-order valence-corrected chi connectivity index (χ3v) is 3.63. The van der Waals surface area contributed by atoms with Crippen molar-refractivity contribution < 1.29 is 14.8 Å². The fraction of sp³-hybridized carbons (Fsp3) is 0.500. The number of benzene rings is 1. The Bertz CT molecular complexity index is 502. The number of carboxylic acid groups (broad SMARTS) is 1. The molecule has 1 aromatic rings. The molecule has 1 aliphatic rings. The van der Waals surface area contributed by atoms with Crippen LogP contribution in [-0.2, 0) is 0 Å². The first kappa shape index (κ1) is 14.3. The van der Waals surface area contributed by atoms with Crippen LogP contribution in [0.25, 0.3) is 0 Å². The van der Waals surface area contributed by atoms with E-state index >= 15 is 0 Å². The van der Waals surface area contributed by atoms with Crippen LogP contribution in [0.2, 0.25) is 0 Å². The quantitative estimate of drug-likeness (QED) is 0.679. The molecule has 1 N–H and O–H groups in total. The lowest BCUT2D eigenvalue weighted by Gasteiger charge is -2.36. The Balaban J connectivity index is 2.52. The van der Waals surface area contributed by atoms with E-state index in [1.54, 1.807) is 0 Å². The Hall–Kier alpha value is -2.11. The molecule has 1 aliphatic heterocycles. The molecule has 1 fully saturated rings. The minimum absolute atomic E-state index is 0.000463. The van der Waals surface area contributed by atoms with Crippen molar-refractivity contribution in [2.24, 2.45) is 11.8 Å². The molecule has 1 aromatic carbocycles. The number of nitro groups is 1. The molecule has 6 nitrogen and oxygen atoms in total. The Kier molecular flexibility index (Phi) is 3.92. The minimum atomic E-state index is -1.13. The maximum Gasteiger partial charge on any atom is 0.338 e. The number of hydrogen-bond acceptors (Lipinski definition) is 4. The van der Waals surface area contributed by atoms with E-state index in [1.165, 1.54) is 18.2 Å². The average Bonchev–Trinajstić information content (AvgIpc) is 2.36. The fourth-order valence-electron chi connectivity index (χ4n) is 3.03. The van der Waals surface area contributed by atoms with E-state index in [2.05, 4.69) is 13.8 Å². The molecule has 0 spiro atoms. The fourth-order valence-corrected chi connectivity index (χ4v) is 3.03. The average molecular weight is 278 g/mol. The van der Waals surface area contributed by atoms with Crippen molar-refractivity contribution >= 4 is 17.3 Å². The predicted molar refractivity (Wildman–Crippen MR) is 75.2 cm³/mol. The first-order valence-corrected chi connectivity index (χ1v) is 6.65. The molecule has 0 bridgehead atoms. The second-order valence-corrected chi connectivity index (χ2v) is 5.59. The lowest BCUT2D eigenvalue weighted by Crippen LogP contribution is -2.39. The highest BCUT2D eigenvalue weighted by Gasteiger charge is 2.30. The molecule has 20 heavy (non-hydrogen) atoms. The van der Waals surface area contributed by atoms with Crippen LogP contribution >= 0.6 is 0 Å². The van der Waals surface area contributed by atoms with Crippen molar-refractivity contribution in [2.45, 2.75) is 20.3 Å². The number of carboxylic acids is 1. The van der Waals surface area contributed by atoms with Gasteiger partial charge in [-0.05, 0) is 24.3 Å². The summed E-state index contributed by atoms with van der Waals surface area (Å²) in [6.07, 6.45) is 1.06. The van der Waals surface area contributed by atoms with Gasteiger partial charge in [0.2, 0.25) is 0 Å². The zero-order valence-corrected chi connectivity index (χ0v) is 11.6. The zero-order chi connectivity index (χ0) is 14.9. The van der Waals surface area contributed by atoms with Crippen molar-refractivity contribution in [3.63, 3.8) is 0 Å². The number of hydrogen-bond donors (Lipinski definition) is 1. The minimum Gasteiger partial charge on any atom is -0.478 e. The first-order chi connectivity index (χ1) is 9.40. The van der Waals surface area contributed by atoms with Crippen molar-refractivity contribution in [3.8, 4) is 0 Å². The molecule has 0 aliphatic carbocycles. The van der Waals surface area contributed by atoms with Crippen LogP contribution < -0.4 is 4.90 Å². The predicted octanol–water partition coefficient (Wildman–Crippen LogP) is 2.78. The van der Waals surface area contributed by atoms with Crippen LogP contribution in [-0.4, -0.2) is 29.1 Å². The number of nitro benzene ring substituents is 1. The van der Waals surface area contributed by atoms with E-state index in [-0.39, 0.29) is 16.9 Å². The Morgan fingerprint density at radius 1 is 1.35 bits per heavy atom. The number of anilines is 1. The van der Waals surface area contributed by atoms with Gasteiger partial charge in [-0.1, -0.05) is 19.9 Å². The van der Waals surface area contributed by atoms with E-state index < -0.39 is 10.9 Å². The van der Waals surface area contributed by atoms with Gasteiger partial charge in [0.25, 0.3) is 5.69 Å². The van der Waals surface area contributed by atoms with Gasteiger partial charge in [0.15, 0.2) is 0 Å². The molecule has 2 unspecified atom stereocenters. The summed E-state index contributed by atoms with van der Waals surface area (Å²) in [6.45, 7) is 5.46. The molecule has 0 aromatic heterocycles. The lowest BCUT2D eigenvalue weighted by molar-refractivity contribution is -0.384. The molecule has 6 heteroatoms. The topological polar surface area (TPSA) is 83.7 Å². The summed E-state index contributed by atoms with van der Waals surface area (Å²) in [7, 11) is 0. The van der Waals surface area contributed by atoms with E-state index in [4.69, 9.17) is 0 Å². The normalized spacial score (nSPS) is 22.6. The molecule has 0 amide bonds. The third kappa shape index (κ3) is 2.74. The van der Waals surface area contributed by atoms with Crippen LogP contribution in [0.1, 0.15) is 30.6 Å². The second kappa shape index (κ2) is 5.48. The van der Waals surface area contributed by atoms with Crippen molar-refractivity contribution in [1.82, 2.24) is 0 Å². The smallest absolute Gasteiger partial charge is 0.338 e. The number of para-hydroxylation sites is 1. The van der Waals surface area contributed by atoms with Gasteiger partial charge in [-0.15, -0.1) is 0 Å². The Morgan fingerprint density at radius 3 is 2.45 bits per heavy atom. The van der Waals surface area contributed by atoms with Gasteiger partial charge in [-0.3, -0.25) is 10.1 Å². The Morgan fingerprint density at radius 2 is 1.95 bits per heavy atom. The summed E-state index contributed by atoms with van der Waals surface area (Å²) in [5, 5.41) is 20.5. The second-order valence-electron chi connectivity index (χ2n) is 5.59. The van der Waals surface area contributed by atoms with Crippen LogP contribution in [0.15, 0.2) is 18.2 Å². The summed E-state index contributed by atoms with van der Waals surface area (Å²) < 4.78 is 0. The number of nitrogens with zero attached hydrogens (tertiary/aromatic N) is 2. The summed E-state index contributed by atoms with van der Waals surface area (Å²) in [4.78, 5) is 23.9. The lowest BCUT2D eigenvalue weighted by atomic mass is 9.91. The van der Waals surface area contributed by atoms with Crippen molar-refractivity contribution in [3.05, 3.63) is 33.9 Å². The van der Waals surface area contributed by atoms with Crippen LogP contribution in [0.3, 0.4) is 0 Å². The molecule has 1 heterocycles. The molecule has 108 valence electrons. The summed E-state index contributed by atoms with van der Waals surface area (Å²) in [6, 6.07) is 4.21.